The van der Waals surface area contributed by atoms with Crippen LogP contribution in [-0.2, 0) is 9.57 Å². The smallest absolute Gasteiger partial charge is 0.262 e. The lowest BCUT2D eigenvalue weighted by Crippen LogP contribution is -2.39. The van der Waals surface area contributed by atoms with Crippen LogP contribution in [0.1, 0.15) is 47.3 Å². The zero-order valence-corrected chi connectivity index (χ0v) is 19.3. The van der Waals surface area contributed by atoms with Crippen LogP contribution in [-0.4, -0.2) is 57.4 Å². The molecule has 0 bridgehead atoms. The molecular weight excluding hydrogens is 442 g/mol. The number of carbonyl (C=O) groups excluding carboxylic acids is 1. The Morgan fingerprint density at radius 2 is 2.12 bits per heavy atom. The largest absolute Gasteiger partial charge is 0.391 e. The molecule has 2 N–H and O–H groups in total. The third kappa shape index (κ3) is 4.56. The van der Waals surface area contributed by atoms with E-state index < -0.39 is 6.10 Å². The number of hydrogen-bond donors (Lipinski definition) is 2. The number of anilines is 2. The van der Waals surface area contributed by atoms with Crippen LogP contribution in [0.4, 0.5) is 11.5 Å². The molecule has 1 saturated heterocycles. The Morgan fingerprint density at radius 3 is 2.85 bits per heavy atom. The second-order valence-electron chi connectivity index (χ2n) is 8.43. The number of ether oxygens (including phenoxy) is 1. The molecule has 3 aromatic heterocycles. The van der Waals surface area contributed by atoms with E-state index in [1.54, 1.807) is 17.5 Å². The van der Waals surface area contributed by atoms with Crippen molar-refractivity contribution in [3.05, 3.63) is 41.3 Å². The van der Waals surface area contributed by atoms with E-state index in [4.69, 9.17) is 9.57 Å². The number of nitrogens with one attached hydrogen (secondary N) is 1. The summed E-state index contributed by atoms with van der Waals surface area (Å²) in [5.74, 6) is 0.388. The van der Waals surface area contributed by atoms with Gasteiger partial charge in [-0.1, -0.05) is 0 Å². The minimum absolute atomic E-state index is 0.0189. The molecule has 2 atom stereocenters. The van der Waals surface area contributed by atoms with Crippen molar-refractivity contribution in [1.82, 2.24) is 20.3 Å². The molecule has 0 unspecified atom stereocenters. The summed E-state index contributed by atoms with van der Waals surface area (Å²) in [6, 6.07) is 3.55. The number of amides is 1. The topological polar surface area (TPSA) is 110 Å². The maximum atomic E-state index is 13.1. The molecule has 10 heteroatoms. The first kappa shape index (κ1) is 22.1. The normalized spacial score (nSPS) is 21.4. The molecule has 0 aromatic carbocycles. The molecule has 0 spiro atoms. The number of pyridine rings is 1. The Hall–Kier alpha value is -2.66. The first-order valence-electron chi connectivity index (χ1n) is 11.3. The Bertz CT molecular complexity index is 1120. The van der Waals surface area contributed by atoms with Crippen LogP contribution < -0.4 is 10.4 Å². The first-order valence-corrected chi connectivity index (χ1v) is 12.1. The van der Waals surface area contributed by atoms with Crippen molar-refractivity contribution >= 4 is 39.0 Å². The van der Waals surface area contributed by atoms with Crippen LogP contribution >= 0.6 is 11.3 Å². The monoisotopic (exact) mass is 469 g/mol. The van der Waals surface area contributed by atoms with Crippen LogP contribution in [0.3, 0.4) is 0 Å². The molecule has 2 fully saturated rings. The van der Waals surface area contributed by atoms with E-state index in [0.717, 1.165) is 48.7 Å². The van der Waals surface area contributed by atoms with E-state index in [9.17, 15) is 9.90 Å². The maximum absolute atomic E-state index is 13.1. The van der Waals surface area contributed by atoms with E-state index >= 15 is 0 Å². The van der Waals surface area contributed by atoms with Crippen LogP contribution in [0.5, 0.6) is 0 Å². The minimum atomic E-state index is -0.493. The Labute approximate surface area is 195 Å². The molecule has 1 amide bonds. The second kappa shape index (κ2) is 9.68. The van der Waals surface area contributed by atoms with Gasteiger partial charge in [-0.15, -0.1) is 11.3 Å². The number of thiophene rings is 1. The van der Waals surface area contributed by atoms with Crippen LogP contribution in [0.25, 0.3) is 10.2 Å². The highest BCUT2D eigenvalue weighted by molar-refractivity contribution is 7.20. The summed E-state index contributed by atoms with van der Waals surface area (Å²) in [6.45, 7) is 3.21. The highest BCUT2D eigenvalue weighted by Crippen LogP contribution is 2.38. The van der Waals surface area contributed by atoms with Gasteiger partial charge in [-0.3, -0.25) is 14.6 Å². The number of carbonyl (C=O) groups is 1. The average molecular weight is 470 g/mol. The Morgan fingerprint density at radius 1 is 1.27 bits per heavy atom. The Balaban J connectivity index is 1.52. The zero-order valence-electron chi connectivity index (χ0n) is 18.4. The summed E-state index contributed by atoms with van der Waals surface area (Å²) >= 11 is 1.33. The van der Waals surface area contributed by atoms with Crippen molar-refractivity contribution in [2.75, 3.05) is 18.3 Å². The number of aliphatic hydroxyl groups excluding tert-OH is 1. The standard InChI is InChI=1S/C23H27N5O4S/c1-14-19-21(28(15-4-3-9-24-12-15)32-16-7-10-31-11-8-16)25-13-26-23(19)33-20(14)22(30)27-17-5-2-6-18(17)29/h3-4,9,12-13,16-18,29H,2,5-8,10-11H2,1H3,(H,27,30)/t17-,18-/m0/s1. The van der Waals surface area contributed by atoms with Crippen molar-refractivity contribution < 1.29 is 19.5 Å². The lowest BCUT2D eigenvalue weighted by Gasteiger charge is -2.30. The van der Waals surface area contributed by atoms with E-state index in [0.29, 0.717) is 28.7 Å². The van der Waals surface area contributed by atoms with Crippen LogP contribution in [0.15, 0.2) is 30.9 Å². The molecule has 33 heavy (non-hydrogen) atoms. The molecule has 3 aromatic rings. The van der Waals surface area contributed by atoms with Gasteiger partial charge in [0.2, 0.25) is 0 Å². The van der Waals surface area contributed by atoms with Gasteiger partial charge in [-0.2, -0.15) is 0 Å². The first-order chi connectivity index (χ1) is 16.1. The molecule has 1 aliphatic heterocycles. The summed E-state index contributed by atoms with van der Waals surface area (Å²) in [6.07, 6.45) is 8.40. The summed E-state index contributed by atoms with van der Waals surface area (Å²) < 4.78 is 5.48. The van der Waals surface area contributed by atoms with Gasteiger partial charge in [0.25, 0.3) is 5.91 Å². The number of aliphatic hydroxyl groups is 1. The number of nitrogens with zero attached hydrogens (tertiary/aromatic N) is 4. The lowest BCUT2D eigenvalue weighted by atomic mass is 10.1. The minimum Gasteiger partial charge on any atom is -0.391 e. The number of hydrogen-bond acceptors (Lipinski definition) is 9. The third-order valence-corrected chi connectivity index (χ3v) is 7.40. The summed E-state index contributed by atoms with van der Waals surface area (Å²) in [5, 5.41) is 15.6. The number of aromatic nitrogens is 3. The molecule has 174 valence electrons. The fraction of sp³-hybridized carbons (Fsp3) is 0.478. The van der Waals surface area contributed by atoms with E-state index in [-0.39, 0.29) is 18.1 Å². The van der Waals surface area contributed by atoms with Gasteiger partial charge in [0, 0.05) is 19.4 Å². The molecule has 4 heterocycles. The molecule has 2 aliphatic rings. The quantitative estimate of drug-likeness (QED) is 0.530. The fourth-order valence-corrected chi connectivity index (χ4v) is 5.45. The van der Waals surface area contributed by atoms with Crippen molar-refractivity contribution in [1.29, 1.82) is 0 Å². The number of fused-ring (bicyclic) bond motifs is 1. The third-order valence-electron chi connectivity index (χ3n) is 6.20. The molecule has 5 rings (SSSR count). The van der Waals surface area contributed by atoms with Gasteiger partial charge >= 0.3 is 0 Å². The summed E-state index contributed by atoms with van der Waals surface area (Å²) in [7, 11) is 0. The van der Waals surface area contributed by atoms with Gasteiger partial charge < -0.3 is 15.2 Å². The van der Waals surface area contributed by atoms with Gasteiger partial charge in [-0.05, 0) is 56.7 Å². The Kier molecular flexibility index (Phi) is 6.50. The van der Waals surface area contributed by atoms with Crippen molar-refractivity contribution in [3.63, 3.8) is 0 Å². The van der Waals surface area contributed by atoms with Gasteiger partial charge in [0.1, 0.15) is 11.2 Å². The lowest BCUT2D eigenvalue weighted by molar-refractivity contribution is -0.0324. The maximum Gasteiger partial charge on any atom is 0.262 e. The molecule has 0 radical (unpaired) electrons. The predicted molar refractivity (Wildman–Crippen MR) is 125 cm³/mol. The zero-order chi connectivity index (χ0) is 22.8. The van der Waals surface area contributed by atoms with Crippen LogP contribution in [0.2, 0.25) is 0 Å². The van der Waals surface area contributed by atoms with E-state index in [1.165, 1.54) is 17.7 Å². The fourth-order valence-electron chi connectivity index (χ4n) is 4.40. The van der Waals surface area contributed by atoms with Crippen LogP contribution in [0, 0.1) is 6.92 Å². The van der Waals surface area contributed by atoms with Gasteiger partial charge in [-0.25, -0.2) is 15.0 Å². The van der Waals surface area contributed by atoms with Crippen molar-refractivity contribution in [2.24, 2.45) is 0 Å². The van der Waals surface area contributed by atoms with Gasteiger partial charge in [0.05, 0.1) is 40.4 Å². The molecule has 1 saturated carbocycles. The molecule has 9 nitrogen and oxygen atoms in total. The average Bonchev–Trinajstić information content (AvgIpc) is 3.41. The number of rotatable bonds is 6. The predicted octanol–water partition coefficient (Wildman–Crippen LogP) is 3.29. The summed E-state index contributed by atoms with van der Waals surface area (Å²) in [4.78, 5) is 34.0. The van der Waals surface area contributed by atoms with E-state index in [2.05, 4.69) is 20.3 Å². The summed E-state index contributed by atoms with van der Waals surface area (Å²) in [5.41, 5.74) is 1.54. The molecule has 1 aliphatic carbocycles. The van der Waals surface area contributed by atoms with Gasteiger partial charge in [0.15, 0.2) is 5.82 Å². The highest BCUT2D eigenvalue weighted by atomic mass is 32.1. The molecular formula is C23H27N5O4S. The SMILES string of the molecule is Cc1c(C(=O)N[C@H]2CCC[C@@H]2O)sc2ncnc(N(OC3CCOCC3)c3cccnc3)c12. The number of aryl methyl sites for hydroxylation is 1. The second-order valence-corrected chi connectivity index (χ2v) is 9.43. The van der Waals surface area contributed by atoms with Crippen molar-refractivity contribution in [3.8, 4) is 0 Å². The van der Waals surface area contributed by atoms with Crippen molar-refractivity contribution in [2.45, 2.75) is 57.3 Å². The highest BCUT2D eigenvalue weighted by Gasteiger charge is 2.30. The van der Waals surface area contributed by atoms with E-state index in [1.807, 2.05) is 19.1 Å².